The first-order chi connectivity index (χ1) is 9.72. The van der Waals surface area contributed by atoms with Gasteiger partial charge in [-0.25, -0.2) is 0 Å². The summed E-state index contributed by atoms with van der Waals surface area (Å²) in [6, 6.07) is 8.38. The molecule has 0 saturated carbocycles. The zero-order chi connectivity index (χ0) is 14.4. The minimum absolute atomic E-state index is 0.0593. The first-order valence-corrected chi connectivity index (χ1v) is 6.76. The monoisotopic (exact) mass is 272 g/mol. The molecule has 106 valence electrons. The van der Waals surface area contributed by atoms with Gasteiger partial charge in [-0.05, 0) is 17.5 Å². The molecule has 2 N–H and O–H groups in total. The van der Waals surface area contributed by atoms with E-state index in [1.54, 1.807) is 17.9 Å². The molecular formula is C15H20N4O. The predicted molar refractivity (Wildman–Crippen MR) is 79.4 cm³/mol. The Labute approximate surface area is 119 Å². The summed E-state index contributed by atoms with van der Waals surface area (Å²) in [4.78, 5) is 11.3. The number of amides is 1. The Balaban J connectivity index is 1.96. The molecule has 0 atom stereocenters. The molecule has 1 amide bonds. The molecule has 0 spiro atoms. The van der Waals surface area contributed by atoms with Crippen LogP contribution in [0, 0.1) is 0 Å². The van der Waals surface area contributed by atoms with Gasteiger partial charge in [0.2, 0.25) is 5.91 Å². The summed E-state index contributed by atoms with van der Waals surface area (Å²) in [7, 11) is 1.62. The zero-order valence-electron chi connectivity index (χ0n) is 11.9. The SMILES string of the molecule is CCc1ccccc1CNc1cnn(CC(=O)NC)c1. The molecule has 0 fully saturated rings. The van der Waals surface area contributed by atoms with Gasteiger partial charge in [0.1, 0.15) is 6.54 Å². The van der Waals surface area contributed by atoms with E-state index in [4.69, 9.17) is 0 Å². The van der Waals surface area contributed by atoms with Crippen LogP contribution in [0.15, 0.2) is 36.7 Å². The van der Waals surface area contributed by atoms with E-state index in [9.17, 15) is 4.79 Å². The van der Waals surface area contributed by atoms with Crippen molar-refractivity contribution in [3.05, 3.63) is 47.8 Å². The first kappa shape index (κ1) is 14.1. The van der Waals surface area contributed by atoms with Crippen molar-refractivity contribution < 1.29 is 4.79 Å². The van der Waals surface area contributed by atoms with E-state index in [2.05, 4.69) is 40.9 Å². The Morgan fingerprint density at radius 2 is 2.05 bits per heavy atom. The molecule has 0 radical (unpaired) electrons. The third kappa shape index (κ3) is 3.60. The molecule has 0 aliphatic carbocycles. The van der Waals surface area contributed by atoms with E-state index >= 15 is 0 Å². The van der Waals surface area contributed by atoms with Crippen LogP contribution in [0.4, 0.5) is 5.69 Å². The third-order valence-electron chi connectivity index (χ3n) is 3.20. The second-order valence-electron chi connectivity index (χ2n) is 4.58. The summed E-state index contributed by atoms with van der Waals surface area (Å²) in [5.74, 6) is -0.0593. The quantitative estimate of drug-likeness (QED) is 0.843. The van der Waals surface area contributed by atoms with Gasteiger partial charge in [0.05, 0.1) is 11.9 Å². The minimum atomic E-state index is -0.0593. The van der Waals surface area contributed by atoms with Crippen LogP contribution < -0.4 is 10.6 Å². The maximum atomic E-state index is 11.3. The molecule has 2 aromatic rings. The lowest BCUT2D eigenvalue weighted by Gasteiger charge is -2.08. The van der Waals surface area contributed by atoms with Crippen LogP contribution >= 0.6 is 0 Å². The van der Waals surface area contributed by atoms with E-state index in [-0.39, 0.29) is 12.5 Å². The highest BCUT2D eigenvalue weighted by molar-refractivity contribution is 5.75. The van der Waals surface area contributed by atoms with Gasteiger partial charge in [-0.15, -0.1) is 0 Å². The largest absolute Gasteiger partial charge is 0.378 e. The molecular weight excluding hydrogens is 252 g/mol. The van der Waals surface area contributed by atoms with E-state index in [0.717, 1.165) is 18.7 Å². The molecule has 5 nitrogen and oxygen atoms in total. The van der Waals surface area contributed by atoms with Gasteiger partial charge >= 0.3 is 0 Å². The number of anilines is 1. The summed E-state index contributed by atoms with van der Waals surface area (Å²) >= 11 is 0. The van der Waals surface area contributed by atoms with Crippen molar-refractivity contribution in [2.45, 2.75) is 26.4 Å². The molecule has 20 heavy (non-hydrogen) atoms. The average Bonchev–Trinajstić information content (AvgIpc) is 2.92. The molecule has 0 unspecified atom stereocenters. The summed E-state index contributed by atoms with van der Waals surface area (Å²) in [6.07, 6.45) is 4.59. The second kappa shape index (κ2) is 6.75. The Hall–Kier alpha value is -2.30. The molecule has 1 heterocycles. The number of rotatable bonds is 6. The summed E-state index contributed by atoms with van der Waals surface area (Å²) < 4.78 is 1.62. The first-order valence-electron chi connectivity index (χ1n) is 6.76. The van der Waals surface area contributed by atoms with Gasteiger partial charge in [-0.3, -0.25) is 9.48 Å². The number of carbonyl (C=O) groups excluding carboxylic acids is 1. The number of aromatic nitrogens is 2. The number of nitrogens with one attached hydrogen (secondary N) is 2. The molecule has 0 saturated heterocycles. The maximum Gasteiger partial charge on any atom is 0.241 e. The topological polar surface area (TPSA) is 59.0 Å². The third-order valence-corrected chi connectivity index (χ3v) is 3.20. The van der Waals surface area contributed by atoms with Crippen molar-refractivity contribution >= 4 is 11.6 Å². The lowest BCUT2D eigenvalue weighted by Crippen LogP contribution is -2.23. The van der Waals surface area contributed by atoms with Crippen LogP contribution in [0.5, 0.6) is 0 Å². The Morgan fingerprint density at radius 3 is 2.75 bits per heavy atom. The fourth-order valence-corrected chi connectivity index (χ4v) is 2.04. The minimum Gasteiger partial charge on any atom is -0.378 e. The zero-order valence-corrected chi connectivity index (χ0v) is 11.9. The average molecular weight is 272 g/mol. The molecule has 0 aliphatic heterocycles. The van der Waals surface area contributed by atoms with Crippen LogP contribution in [0.1, 0.15) is 18.1 Å². The smallest absolute Gasteiger partial charge is 0.241 e. The van der Waals surface area contributed by atoms with E-state index < -0.39 is 0 Å². The summed E-state index contributed by atoms with van der Waals surface area (Å²) in [5, 5.41) is 10.1. The van der Waals surface area contributed by atoms with E-state index in [0.29, 0.717) is 0 Å². The van der Waals surface area contributed by atoms with Gasteiger partial charge in [0, 0.05) is 19.8 Å². The summed E-state index contributed by atoms with van der Waals surface area (Å²) in [5.41, 5.74) is 3.55. The van der Waals surface area contributed by atoms with Gasteiger partial charge in [0.25, 0.3) is 0 Å². The fourth-order valence-electron chi connectivity index (χ4n) is 2.04. The lowest BCUT2D eigenvalue weighted by atomic mass is 10.1. The summed E-state index contributed by atoms with van der Waals surface area (Å²) in [6.45, 7) is 3.15. The van der Waals surface area contributed by atoms with Gasteiger partial charge < -0.3 is 10.6 Å². The number of carbonyl (C=O) groups is 1. The highest BCUT2D eigenvalue weighted by atomic mass is 16.1. The standard InChI is InChI=1S/C15H20N4O/c1-3-12-6-4-5-7-13(12)8-17-14-9-18-19(10-14)11-15(20)16-2/h4-7,9-10,17H,3,8,11H2,1-2H3,(H,16,20). The van der Waals surface area contributed by atoms with Gasteiger partial charge in [-0.2, -0.15) is 5.10 Å². The van der Waals surface area contributed by atoms with Crippen molar-refractivity contribution in [1.82, 2.24) is 15.1 Å². The molecule has 1 aromatic carbocycles. The number of benzene rings is 1. The van der Waals surface area contributed by atoms with Crippen LogP contribution in [0.2, 0.25) is 0 Å². The Bertz CT molecular complexity index is 577. The molecule has 1 aromatic heterocycles. The fraction of sp³-hybridized carbons (Fsp3) is 0.333. The molecule has 2 rings (SSSR count). The molecule has 0 bridgehead atoms. The van der Waals surface area contributed by atoms with Crippen molar-refractivity contribution in [2.75, 3.05) is 12.4 Å². The van der Waals surface area contributed by atoms with E-state index in [1.807, 2.05) is 12.3 Å². The highest BCUT2D eigenvalue weighted by Crippen LogP contribution is 2.12. The number of hydrogen-bond donors (Lipinski definition) is 2. The maximum absolute atomic E-state index is 11.3. The predicted octanol–water partition coefficient (Wildman–Crippen LogP) is 1.80. The highest BCUT2D eigenvalue weighted by Gasteiger charge is 2.04. The number of nitrogens with zero attached hydrogens (tertiary/aromatic N) is 2. The van der Waals surface area contributed by atoms with Crippen LogP contribution in [-0.2, 0) is 24.3 Å². The normalized spacial score (nSPS) is 10.3. The number of likely N-dealkylation sites (N-methyl/N-ethyl adjacent to an activating group) is 1. The number of aryl methyl sites for hydroxylation is 1. The van der Waals surface area contributed by atoms with Crippen LogP contribution in [0.25, 0.3) is 0 Å². The second-order valence-corrected chi connectivity index (χ2v) is 4.58. The van der Waals surface area contributed by atoms with Crippen LogP contribution in [0.3, 0.4) is 0 Å². The van der Waals surface area contributed by atoms with Crippen molar-refractivity contribution in [3.63, 3.8) is 0 Å². The van der Waals surface area contributed by atoms with Gasteiger partial charge in [0.15, 0.2) is 0 Å². The van der Waals surface area contributed by atoms with Crippen LogP contribution in [-0.4, -0.2) is 22.7 Å². The molecule has 5 heteroatoms. The van der Waals surface area contributed by atoms with E-state index in [1.165, 1.54) is 11.1 Å². The van der Waals surface area contributed by atoms with Gasteiger partial charge in [-0.1, -0.05) is 31.2 Å². The van der Waals surface area contributed by atoms with Crippen molar-refractivity contribution in [3.8, 4) is 0 Å². The Morgan fingerprint density at radius 1 is 1.30 bits per heavy atom. The van der Waals surface area contributed by atoms with Crippen molar-refractivity contribution in [1.29, 1.82) is 0 Å². The molecule has 0 aliphatic rings. The Kier molecular flexibility index (Phi) is 4.76. The van der Waals surface area contributed by atoms with Crippen molar-refractivity contribution in [2.24, 2.45) is 0 Å². The lowest BCUT2D eigenvalue weighted by molar-refractivity contribution is -0.121. The number of hydrogen-bond acceptors (Lipinski definition) is 3.